The number of aromatic nitrogens is 2. The van der Waals surface area contributed by atoms with Crippen molar-refractivity contribution in [1.29, 1.82) is 0 Å². The molecule has 0 amide bonds. The number of hydrazine groups is 1. The number of aryl methyl sites for hydroxylation is 1. The van der Waals surface area contributed by atoms with E-state index in [1.165, 1.54) is 0 Å². The fourth-order valence-corrected chi connectivity index (χ4v) is 2.89. The summed E-state index contributed by atoms with van der Waals surface area (Å²) in [7, 11) is 1.91. The largest absolute Gasteiger partial charge is 0.373 e. The average Bonchev–Trinajstić information content (AvgIpc) is 2.80. The molecule has 90 valence electrons. The maximum atomic E-state index is 5.82. The minimum Gasteiger partial charge on any atom is -0.373 e. The lowest BCUT2D eigenvalue weighted by atomic mass is 9.91. The lowest BCUT2D eigenvalue weighted by Crippen LogP contribution is -2.45. The Labute approximate surface area is 103 Å². The second-order valence-electron chi connectivity index (χ2n) is 4.37. The van der Waals surface area contributed by atoms with Crippen LogP contribution in [0.4, 0.5) is 0 Å². The Balaban J connectivity index is 2.36. The molecule has 0 bridgehead atoms. The molecule has 2 heterocycles. The highest BCUT2D eigenvalue weighted by molar-refractivity contribution is 9.10. The molecule has 2 unspecified atom stereocenters. The lowest BCUT2D eigenvalue weighted by molar-refractivity contribution is -0.0148. The van der Waals surface area contributed by atoms with Crippen molar-refractivity contribution in [3.05, 3.63) is 16.4 Å². The average molecular weight is 289 g/mol. The summed E-state index contributed by atoms with van der Waals surface area (Å²) >= 11 is 3.50. The van der Waals surface area contributed by atoms with Gasteiger partial charge in [0, 0.05) is 13.7 Å². The molecule has 2 rings (SSSR count). The molecule has 1 fully saturated rings. The molecule has 0 aliphatic carbocycles. The topological polar surface area (TPSA) is 65.1 Å². The maximum absolute atomic E-state index is 5.82. The normalized spacial score (nSPS) is 27.2. The summed E-state index contributed by atoms with van der Waals surface area (Å²) in [6.07, 6.45) is 3.85. The van der Waals surface area contributed by atoms with Crippen LogP contribution in [0.15, 0.2) is 10.7 Å². The third-order valence-corrected chi connectivity index (χ3v) is 3.85. The second-order valence-corrected chi connectivity index (χ2v) is 5.22. The van der Waals surface area contributed by atoms with E-state index in [1.54, 1.807) is 6.20 Å². The first-order valence-electron chi connectivity index (χ1n) is 5.36. The zero-order chi connectivity index (χ0) is 11.8. The first-order chi connectivity index (χ1) is 7.58. The summed E-state index contributed by atoms with van der Waals surface area (Å²) in [5, 5.41) is 4.21. The van der Waals surface area contributed by atoms with Gasteiger partial charge in [-0.25, -0.2) is 5.43 Å². The van der Waals surface area contributed by atoms with Gasteiger partial charge in [-0.05, 0) is 35.7 Å². The Bertz CT molecular complexity index is 353. The van der Waals surface area contributed by atoms with Crippen molar-refractivity contribution in [3.8, 4) is 0 Å². The van der Waals surface area contributed by atoms with Crippen LogP contribution in [0.1, 0.15) is 31.5 Å². The molecule has 6 heteroatoms. The number of hydrogen-bond donors (Lipinski definition) is 2. The number of halogens is 1. The predicted octanol–water partition coefficient (Wildman–Crippen LogP) is 1.26. The summed E-state index contributed by atoms with van der Waals surface area (Å²) in [6, 6.07) is -0.0584. The third kappa shape index (κ3) is 1.90. The molecule has 1 aliphatic heterocycles. The van der Waals surface area contributed by atoms with Crippen molar-refractivity contribution in [2.75, 3.05) is 6.61 Å². The van der Waals surface area contributed by atoms with E-state index in [9.17, 15) is 0 Å². The van der Waals surface area contributed by atoms with E-state index in [4.69, 9.17) is 10.6 Å². The van der Waals surface area contributed by atoms with Crippen molar-refractivity contribution < 1.29 is 4.74 Å². The molecule has 16 heavy (non-hydrogen) atoms. The van der Waals surface area contributed by atoms with Gasteiger partial charge >= 0.3 is 0 Å². The van der Waals surface area contributed by atoms with Crippen LogP contribution in [0.2, 0.25) is 0 Å². The van der Waals surface area contributed by atoms with Crippen molar-refractivity contribution in [2.24, 2.45) is 12.9 Å². The van der Waals surface area contributed by atoms with E-state index in [0.29, 0.717) is 0 Å². The standard InChI is InChI=1S/C10H17BrN4O/c1-10(4-3-5-16-10)9(14-12)8-7(11)6-13-15(8)2/h6,9,14H,3-5,12H2,1-2H3. The van der Waals surface area contributed by atoms with Crippen LogP contribution in [0.3, 0.4) is 0 Å². The van der Waals surface area contributed by atoms with Crippen LogP contribution in [0.25, 0.3) is 0 Å². The van der Waals surface area contributed by atoms with Crippen LogP contribution < -0.4 is 11.3 Å². The minimum atomic E-state index is -0.259. The van der Waals surface area contributed by atoms with Gasteiger partial charge in [0.1, 0.15) is 0 Å². The second kappa shape index (κ2) is 4.44. The van der Waals surface area contributed by atoms with Gasteiger partial charge in [0.15, 0.2) is 0 Å². The van der Waals surface area contributed by atoms with E-state index in [-0.39, 0.29) is 11.6 Å². The predicted molar refractivity (Wildman–Crippen MR) is 64.6 cm³/mol. The number of nitrogens with one attached hydrogen (secondary N) is 1. The maximum Gasteiger partial charge on any atom is 0.0926 e. The molecule has 1 aromatic rings. The molecule has 1 saturated heterocycles. The molecule has 0 aromatic carbocycles. The molecule has 1 aliphatic rings. The van der Waals surface area contributed by atoms with Crippen LogP contribution in [0.5, 0.6) is 0 Å². The highest BCUT2D eigenvalue weighted by atomic mass is 79.9. The number of nitrogens with zero attached hydrogens (tertiary/aromatic N) is 2. The summed E-state index contributed by atoms with van der Waals surface area (Å²) in [6.45, 7) is 2.88. The molecule has 0 saturated carbocycles. The van der Waals surface area contributed by atoms with Crippen molar-refractivity contribution in [1.82, 2.24) is 15.2 Å². The van der Waals surface area contributed by atoms with Gasteiger partial charge < -0.3 is 4.74 Å². The molecule has 1 aromatic heterocycles. The van der Waals surface area contributed by atoms with Crippen molar-refractivity contribution in [2.45, 2.75) is 31.4 Å². The van der Waals surface area contributed by atoms with Gasteiger partial charge in [0.25, 0.3) is 0 Å². The van der Waals surface area contributed by atoms with Crippen LogP contribution in [-0.4, -0.2) is 22.0 Å². The molecular weight excluding hydrogens is 272 g/mol. The Kier molecular flexibility index (Phi) is 3.34. The van der Waals surface area contributed by atoms with E-state index in [0.717, 1.165) is 29.6 Å². The Morgan fingerprint density at radius 1 is 1.75 bits per heavy atom. The minimum absolute atomic E-state index is 0.0584. The number of hydrogen-bond acceptors (Lipinski definition) is 4. The van der Waals surface area contributed by atoms with Crippen LogP contribution in [-0.2, 0) is 11.8 Å². The van der Waals surface area contributed by atoms with Gasteiger partial charge in [-0.2, -0.15) is 5.10 Å². The summed E-state index contributed by atoms with van der Waals surface area (Å²) in [4.78, 5) is 0. The molecule has 0 spiro atoms. The quantitative estimate of drug-likeness (QED) is 0.649. The highest BCUT2D eigenvalue weighted by Crippen LogP contribution is 2.38. The van der Waals surface area contributed by atoms with E-state index in [2.05, 4.69) is 33.4 Å². The number of rotatable bonds is 3. The molecule has 0 radical (unpaired) electrons. The lowest BCUT2D eigenvalue weighted by Gasteiger charge is -2.33. The number of ether oxygens (including phenoxy) is 1. The molecule has 5 nitrogen and oxygen atoms in total. The zero-order valence-electron chi connectivity index (χ0n) is 9.53. The van der Waals surface area contributed by atoms with Gasteiger partial charge in [0.2, 0.25) is 0 Å². The van der Waals surface area contributed by atoms with Gasteiger partial charge in [-0.15, -0.1) is 0 Å². The molecule has 2 atom stereocenters. The van der Waals surface area contributed by atoms with Gasteiger partial charge in [0.05, 0.1) is 28.0 Å². The summed E-state index contributed by atoms with van der Waals surface area (Å²) in [5.41, 5.74) is 3.61. The van der Waals surface area contributed by atoms with Crippen molar-refractivity contribution >= 4 is 15.9 Å². The van der Waals surface area contributed by atoms with Gasteiger partial charge in [-0.1, -0.05) is 0 Å². The summed E-state index contributed by atoms with van der Waals surface area (Å²) in [5.74, 6) is 5.67. The van der Waals surface area contributed by atoms with Gasteiger partial charge in [-0.3, -0.25) is 10.5 Å². The SMILES string of the molecule is Cn1ncc(Br)c1C(NN)C1(C)CCCO1. The molecular formula is C10H17BrN4O. The van der Waals surface area contributed by atoms with E-state index >= 15 is 0 Å². The zero-order valence-corrected chi connectivity index (χ0v) is 11.1. The first-order valence-corrected chi connectivity index (χ1v) is 6.15. The molecule has 3 N–H and O–H groups in total. The van der Waals surface area contributed by atoms with Crippen LogP contribution >= 0.6 is 15.9 Å². The fraction of sp³-hybridized carbons (Fsp3) is 0.700. The van der Waals surface area contributed by atoms with E-state index in [1.807, 2.05) is 11.7 Å². The van der Waals surface area contributed by atoms with Crippen LogP contribution in [0, 0.1) is 0 Å². The Hall–Kier alpha value is -0.430. The summed E-state index contributed by atoms with van der Waals surface area (Å²) < 4.78 is 8.60. The first kappa shape index (κ1) is 12.0. The smallest absolute Gasteiger partial charge is 0.0926 e. The fourth-order valence-electron chi connectivity index (χ4n) is 2.32. The highest BCUT2D eigenvalue weighted by Gasteiger charge is 2.41. The van der Waals surface area contributed by atoms with E-state index < -0.39 is 0 Å². The van der Waals surface area contributed by atoms with Crippen molar-refractivity contribution in [3.63, 3.8) is 0 Å². The number of nitrogens with two attached hydrogens (primary N) is 1. The third-order valence-electron chi connectivity index (χ3n) is 3.24. The monoisotopic (exact) mass is 288 g/mol. The Morgan fingerprint density at radius 2 is 2.50 bits per heavy atom. The Morgan fingerprint density at radius 3 is 2.94 bits per heavy atom.